The minimum absolute atomic E-state index is 0. The fourth-order valence-electron chi connectivity index (χ4n) is 4.97. The van der Waals surface area contributed by atoms with E-state index in [-0.39, 0.29) is 23.6 Å². The first kappa shape index (κ1) is 19.9. The van der Waals surface area contributed by atoms with Crippen LogP contribution < -0.4 is 0 Å². The van der Waals surface area contributed by atoms with E-state index in [0.717, 1.165) is 25.1 Å². The van der Waals surface area contributed by atoms with E-state index in [2.05, 4.69) is 11.0 Å². The maximum atomic E-state index is 12.3. The van der Waals surface area contributed by atoms with Gasteiger partial charge in [0.25, 0.3) is 0 Å². The molecule has 27 heavy (non-hydrogen) atoms. The number of rotatable bonds is 6. The van der Waals surface area contributed by atoms with Crippen molar-refractivity contribution < 1.29 is 9.90 Å². The highest BCUT2D eigenvalue weighted by atomic mass is 35.5. The lowest BCUT2D eigenvalue weighted by Crippen LogP contribution is -2.31. The van der Waals surface area contributed by atoms with Gasteiger partial charge in [0.05, 0.1) is 0 Å². The second-order valence-electron chi connectivity index (χ2n) is 7.94. The summed E-state index contributed by atoms with van der Waals surface area (Å²) in [7, 11) is 0. The Morgan fingerprint density at radius 3 is 2.74 bits per heavy atom. The van der Waals surface area contributed by atoms with Crippen LogP contribution in [0.2, 0.25) is 0 Å². The molecule has 144 valence electrons. The summed E-state index contributed by atoms with van der Waals surface area (Å²) < 4.78 is 0. The molecule has 1 aliphatic carbocycles. The van der Waals surface area contributed by atoms with Gasteiger partial charge in [-0.3, -0.25) is 9.69 Å². The van der Waals surface area contributed by atoms with E-state index < -0.39 is 0 Å². The van der Waals surface area contributed by atoms with Crippen molar-refractivity contribution in [2.45, 2.75) is 50.0 Å². The number of phenolic OH excluding ortho intramolecular Hbond substituents is 1. The van der Waals surface area contributed by atoms with Crippen molar-refractivity contribution in [2.75, 3.05) is 13.1 Å². The third-order valence-electron chi connectivity index (χ3n) is 6.24. The first-order chi connectivity index (χ1) is 12.7. The average molecular weight is 386 g/mol. The lowest BCUT2D eigenvalue weighted by Gasteiger charge is -2.32. The standard InChI is InChI=1S/C23H27NO2.ClH/c25-21-11-4-9-19(15-21)23-13-5-10-20(16-23)24(17-23)14-6-12-22(26)18-7-2-1-3-8-18;/h1-4,7-9,11,15,20,25H,5-6,10,12-14,16-17H2;1H. The second kappa shape index (κ2) is 8.45. The summed E-state index contributed by atoms with van der Waals surface area (Å²) in [4.78, 5) is 14.9. The molecule has 2 aliphatic rings. The van der Waals surface area contributed by atoms with Gasteiger partial charge < -0.3 is 5.11 Å². The molecule has 0 aromatic heterocycles. The Labute approximate surface area is 167 Å². The molecule has 1 N–H and O–H groups in total. The largest absolute Gasteiger partial charge is 0.508 e. The quantitative estimate of drug-likeness (QED) is 0.713. The van der Waals surface area contributed by atoms with Gasteiger partial charge in [-0.1, -0.05) is 48.9 Å². The molecule has 2 aromatic rings. The number of hydrogen-bond donors (Lipinski definition) is 1. The molecule has 4 heteroatoms. The Hall–Kier alpha value is -1.84. The molecule has 2 bridgehead atoms. The first-order valence-corrected chi connectivity index (χ1v) is 9.78. The Kier molecular flexibility index (Phi) is 6.23. The molecule has 0 amide bonds. The van der Waals surface area contributed by atoms with Crippen LogP contribution in [-0.4, -0.2) is 34.9 Å². The van der Waals surface area contributed by atoms with Crippen molar-refractivity contribution in [1.82, 2.24) is 4.90 Å². The van der Waals surface area contributed by atoms with Gasteiger partial charge in [-0.15, -0.1) is 12.4 Å². The van der Waals surface area contributed by atoms with Crippen LogP contribution in [0.3, 0.4) is 0 Å². The molecular formula is C23H28ClNO2. The SMILES string of the molecule is Cl.O=C(CCCN1CC2(c3cccc(O)c3)CCCC1C2)c1ccccc1. The minimum Gasteiger partial charge on any atom is -0.508 e. The van der Waals surface area contributed by atoms with Gasteiger partial charge in [0.1, 0.15) is 5.75 Å². The zero-order valence-corrected chi connectivity index (χ0v) is 16.5. The molecular weight excluding hydrogens is 358 g/mol. The topological polar surface area (TPSA) is 40.5 Å². The molecule has 4 rings (SSSR count). The van der Waals surface area contributed by atoms with Gasteiger partial charge in [-0.25, -0.2) is 0 Å². The summed E-state index contributed by atoms with van der Waals surface area (Å²) >= 11 is 0. The van der Waals surface area contributed by atoms with Crippen molar-refractivity contribution in [3.8, 4) is 5.75 Å². The number of phenols is 1. The van der Waals surface area contributed by atoms with Crippen LogP contribution in [0.15, 0.2) is 54.6 Å². The Morgan fingerprint density at radius 1 is 1.15 bits per heavy atom. The molecule has 1 saturated carbocycles. The van der Waals surface area contributed by atoms with Crippen LogP contribution >= 0.6 is 12.4 Å². The Balaban J connectivity index is 0.00000210. The van der Waals surface area contributed by atoms with Crippen LogP contribution in [0.1, 0.15) is 54.4 Å². The predicted molar refractivity (Wildman–Crippen MR) is 111 cm³/mol. The lowest BCUT2D eigenvalue weighted by atomic mass is 9.71. The fourth-order valence-corrected chi connectivity index (χ4v) is 4.97. The number of aromatic hydroxyl groups is 1. The maximum absolute atomic E-state index is 12.3. The van der Waals surface area contributed by atoms with E-state index in [0.29, 0.717) is 18.2 Å². The third kappa shape index (κ3) is 4.20. The second-order valence-corrected chi connectivity index (χ2v) is 7.94. The number of Topliss-reactive ketones (excluding diaryl/α,β-unsaturated/α-hetero) is 1. The van der Waals surface area contributed by atoms with Gasteiger partial charge in [0.15, 0.2) is 5.78 Å². The minimum atomic E-state index is 0. The fraction of sp³-hybridized carbons (Fsp3) is 0.435. The average Bonchev–Trinajstić information content (AvgIpc) is 2.93. The summed E-state index contributed by atoms with van der Waals surface area (Å²) in [6.45, 7) is 2.05. The van der Waals surface area contributed by atoms with Crippen LogP contribution in [0.25, 0.3) is 0 Å². The van der Waals surface area contributed by atoms with E-state index in [1.165, 1.54) is 31.2 Å². The molecule has 1 saturated heterocycles. The highest BCUT2D eigenvalue weighted by Crippen LogP contribution is 2.47. The normalized spacial score (nSPS) is 24.4. The molecule has 1 aliphatic heterocycles. The summed E-state index contributed by atoms with van der Waals surface area (Å²) in [5, 5.41) is 9.89. The van der Waals surface area contributed by atoms with Crippen molar-refractivity contribution in [3.63, 3.8) is 0 Å². The number of carbonyl (C=O) groups excluding carboxylic acids is 1. The summed E-state index contributed by atoms with van der Waals surface area (Å²) in [6, 6.07) is 18.1. The van der Waals surface area contributed by atoms with Crippen LogP contribution in [0.5, 0.6) is 5.75 Å². The molecule has 0 spiro atoms. The maximum Gasteiger partial charge on any atom is 0.162 e. The van der Waals surface area contributed by atoms with Gasteiger partial charge in [0, 0.05) is 30.0 Å². The smallest absolute Gasteiger partial charge is 0.162 e. The van der Waals surface area contributed by atoms with Crippen molar-refractivity contribution in [1.29, 1.82) is 0 Å². The number of benzene rings is 2. The van der Waals surface area contributed by atoms with Gasteiger partial charge in [-0.05, 0) is 49.9 Å². The number of halogens is 1. The summed E-state index contributed by atoms with van der Waals surface area (Å²) in [5.41, 5.74) is 2.29. The number of carbonyl (C=O) groups is 1. The molecule has 2 unspecified atom stereocenters. The molecule has 3 nitrogen and oxygen atoms in total. The van der Waals surface area contributed by atoms with Crippen LogP contribution in [-0.2, 0) is 5.41 Å². The molecule has 2 fully saturated rings. The number of nitrogens with zero attached hydrogens (tertiary/aromatic N) is 1. The third-order valence-corrected chi connectivity index (χ3v) is 6.24. The summed E-state index contributed by atoms with van der Waals surface area (Å²) in [6.07, 6.45) is 6.43. The van der Waals surface area contributed by atoms with Gasteiger partial charge >= 0.3 is 0 Å². The Morgan fingerprint density at radius 2 is 1.96 bits per heavy atom. The highest BCUT2D eigenvalue weighted by molar-refractivity contribution is 5.95. The van der Waals surface area contributed by atoms with E-state index in [1.807, 2.05) is 42.5 Å². The van der Waals surface area contributed by atoms with Crippen LogP contribution in [0, 0.1) is 0 Å². The van der Waals surface area contributed by atoms with E-state index in [4.69, 9.17) is 0 Å². The Bertz CT molecular complexity index is 779. The zero-order valence-electron chi connectivity index (χ0n) is 15.6. The van der Waals surface area contributed by atoms with Crippen molar-refractivity contribution in [3.05, 3.63) is 65.7 Å². The predicted octanol–water partition coefficient (Wildman–Crippen LogP) is 4.97. The highest BCUT2D eigenvalue weighted by Gasteiger charge is 2.47. The molecule has 1 heterocycles. The van der Waals surface area contributed by atoms with Gasteiger partial charge in [-0.2, -0.15) is 0 Å². The molecule has 0 radical (unpaired) electrons. The van der Waals surface area contributed by atoms with E-state index >= 15 is 0 Å². The first-order valence-electron chi connectivity index (χ1n) is 9.78. The van der Waals surface area contributed by atoms with Gasteiger partial charge in [0.2, 0.25) is 0 Å². The van der Waals surface area contributed by atoms with Crippen molar-refractivity contribution >= 4 is 18.2 Å². The molecule has 2 aromatic carbocycles. The van der Waals surface area contributed by atoms with E-state index in [9.17, 15) is 9.90 Å². The number of hydrogen-bond acceptors (Lipinski definition) is 3. The zero-order chi connectivity index (χ0) is 18.0. The number of fused-ring (bicyclic) bond motifs is 2. The monoisotopic (exact) mass is 385 g/mol. The lowest BCUT2D eigenvalue weighted by molar-refractivity contribution is 0.0973. The summed E-state index contributed by atoms with van der Waals surface area (Å²) in [5.74, 6) is 0.612. The molecule has 2 atom stereocenters. The number of likely N-dealkylation sites (tertiary alicyclic amines) is 1. The van der Waals surface area contributed by atoms with E-state index in [1.54, 1.807) is 6.07 Å². The van der Waals surface area contributed by atoms with Crippen LogP contribution in [0.4, 0.5) is 0 Å². The number of ketones is 1. The van der Waals surface area contributed by atoms with Crippen molar-refractivity contribution in [2.24, 2.45) is 0 Å².